The van der Waals surface area contributed by atoms with Gasteiger partial charge in [-0.1, -0.05) is 111 Å². The number of hydrogen-bond donors (Lipinski definition) is 0. The summed E-state index contributed by atoms with van der Waals surface area (Å²) in [7, 11) is -1.40. The zero-order valence-electron chi connectivity index (χ0n) is 28.1. The molecule has 48 heavy (non-hydrogen) atoms. The fraction of sp³-hybridized carbons (Fsp3) is 0.167. The second kappa shape index (κ2) is 14.2. The summed E-state index contributed by atoms with van der Waals surface area (Å²) >= 11 is 0. The summed E-state index contributed by atoms with van der Waals surface area (Å²) in [5.41, 5.74) is 8.99. The number of nitrogens with zero attached hydrogens (tertiary/aromatic N) is 3. The molecule has 0 atom stereocenters. The summed E-state index contributed by atoms with van der Waals surface area (Å²) in [5.74, 6) is 0. The molecule has 241 valence electrons. The van der Waals surface area contributed by atoms with E-state index in [2.05, 4.69) is 105 Å². The van der Waals surface area contributed by atoms with Gasteiger partial charge in [-0.25, -0.2) is 0 Å². The Hall–Kier alpha value is -4.66. The molecule has 0 unspecified atom stereocenters. The molecule has 6 heteroatoms. The third-order valence-corrected chi connectivity index (χ3v) is 10.4. The van der Waals surface area contributed by atoms with Crippen molar-refractivity contribution in [2.75, 3.05) is 0 Å². The fourth-order valence-corrected chi connectivity index (χ4v) is 6.74. The first-order valence-electron chi connectivity index (χ1n) is 15.8. The predicted molar refractivity (Wildman–Crippen MR) is 196 cm³/mol. The van der Waals surface area contributed by atoms with E-state index in [-0.39, 0.29) is 25.5 Å². The first-order valence-corrected chi connectivity index (χ1v) is 19.3. The van der Waals surface area contributed by atoms with Gasteiger partial charge in [-0.15, -0.1) is 54.1 Å². The normalized spacial score (nSPS) is 11.4. The van der Waals surface area contributed by atoms with E-state index >= 15 is 0 Å². The minimum atomic E-state index is -1.40. The van der Waals surface area contributed by atoms with Gasteiger partial charge in [0.15, 0.2) is 0 Å². The molecule has 3 heterocycles. The SMILES string of the molecule is CC(C)(C)c1ccc(-c2[c-]cccc2)nc1.C[Si](C)(C)c1ccc(-c2c(C#N)ccc3c2oc2c(-c4ccccn4)[c-]ccc23)cc1.[Ir]. The Bertz CT molecular complexity index is 2190. The molecular weight excluding hydrogens is 783 g/mol. The van der Waals surface area contributed by atoms with Crippen molar-refractivity contribution in [3.05, 3.63) is 139 Å². The Labute approximate surface area is 297 Å². The van der Waals surface area contributed by atoms with Gasteiger partial charge in [0.25, 0.3) is 0 Å². The van der Waals surface area contributed by atoms with Crippen LogP contribution in [-0.4, -0.2) is 18.0 Å². The van der Waals surface area contributed by atoms with E-state index in [1.807, 2.05) is 72.9 Å². The first kappa shape index (κ1) is 34.7. The van der Waals surface area contributed by atoms with Crippen LogP contribution in [0.15, 0.2) is 120 Å². The van der Waals surface area contributed by atoms with Crippen LogP contribution in [0.4, 0.5) is 0 Å². The predicted octanol–water partition coefficient (Wildman–Crippen LogP) is 10.4. The molecule has 1 radical (unpaired) electrons. The van der Waals surface area contributed by atoms with Crippen molar-refractivity contribution in [1.29, 1.82) is 5.26 Å². The summed E-state index contributed by atoms with van der Waals surface area (Å²) in [6.45, 7) is 13.6. The number of pyridine rings is 2. The topological polar surface area (TPSA) is 62.7 Å². The van der Waals surface area contributed by atoms with Crippen LogP contribution in [0.25, 0.3) is 55.6 Å². The van der Waals surface area contributed by atoms with E-state index in [1.54, 1.807) is 6.20 Å². The number of hydrogen-bond acceptors (Lipinski definition) is 4. The van der Waals surface area contributed by atoms with Gasteiger partial charge in [0.1, 0.15) is 5.58 Å². The summed E-state index contributed by atoms with van der Waals surface area (Å²) in [6.07, 6.45) is 3.72. The molecule has 7 aromatic rings. The Morgan fingerprint density at radius 3 is 2.08 bits per heavy atom. The number of nitriles is 1. The van der Waals surface area contributed by atoms with E-state index in [0.717, 1.165) is 55.6 Å². The molecule has 0 fully saturated rings. The monoisotopic (exact) mass is 820 g/mol. The second-order valence-corrected chi connectivity index (χ2v) is 18.8. The smallest absolute Gasteiger partial charge is 0.130 e. The standard InChI is InChI=1S/C27H21N2OSi.C15H16N.Ir/c1-31(2,3)20-13-10-18(11-14-20)25-19(17-28)12-15-22-21-7-6-8-23(26(21)30-27(22)25)24-9-4-5-16-29-24;1-15(2,3)13-9-10-14(16-11-13)12-7-5-4-6-8-12;/h4-7,9-16H,1-3H3;4-7,9-11H,1-3H3;/q2*-1;. The van der Waals surface area contributed by atoms with Crippen LogP contribution in [-0.2, 0) is 25.5 Å². The minimum absolute atomic E-state index is 0. The summed E-state index contributed by atoms with van der Waals surface area (Å²) < 4.78 is 6.45. The number of benzene rings is 4. The molecule has 0 aliphatic rings. The van der Waals surface area contributed by atoms with Crippen molar-refractivity contribution in [2.45, 2.75) is 45.8 Å². The van der Waals surface area contributed by atoms with Crippen molar-refractivity contribution in [1.82, 2.24) is 9.97 Å². The summed E-state index contributed by atoms with van der Waals surface area (Å²) in [4.78, 5) is 8.96. The Morgan fingerprint density at radius 1 is 0.729 bits per heavy atom. The Balaban J connectivity index is 0.000000224. The van der Waals surface area contributed by atoms with Gasteiger partial charge in [0.2, 0.25) is 0 Å². The third-order valence-electron chi connectivity index (χ3n) is 8.30. The van der Waals surface area contributed by atoms with Gasteiger partial charge in [0, 0.05) is 43.4 Å². The van der Waals surface area contributed by atoms with Crippen LogP contribution in [0, 0.1) is 23.5 Å². The van der Waals surface area contributed by atoms with E-state index in [1.165, 1.54) is 10.8 Å². The molecule has 0 aliphatic carbocycles. The average molecular weight is 820 g/mol. The number of fused-ring (bicyclic) bond motifs is 3. The maximum absolute atomic E-state index is 9.83. The number of furan rings is 1. The molecular formula is C42H37IrN3OSi-2. The van der Waals surface area contributed by atoms with Gasteiger partial charge in [-0.05, 0) is 40.1 Å². The number of aromatic nitrogens is 2. The minimum Gasteiger partial charge on any atom is -0.500 e. The first-order chi connectivity index (χ1) is 22.5. The van der Waals surface area contributed by atoms with Crippen LogP contribution in [0.5, 0.6) is 0 Å². The molecule has 0 N–H and O–H groups in total. The summed E-state index contributed by atoms with van der Waals surface area (Å²) in [6, 6.07) is 43.1. The van der Waals surface area contributed by atoms with Crippen LogP contribution < -0.4 is 5.19 Å². The van der Waals surface area contributed by atoms with Crippen LogP contribution in [0.1, 0.15) is 31.9 Å². The van der Waals surface area contributed by atoms with E-state index in [9.17, 15) is 5.26 Å². The van der Waals surface area contributed by atoms with Gasteiger partial charge in [-0.3, -0.25) is 0 Å². The summed E-state index contributed by atoms with van der Waals surface area (Å²) in [5, 5.41) is 13.2. The molecule has 4 nitrogen and oxygen atoms in total. The van der Waals surface area contributed by atoms with Crippen molar-refractivity contribution in [3.8, 4) is 39.7 Å². The zero-order valence-corrected chi connectivity index (χ0v) is 31.4. The van der Waals surface area contributed by atoms with E-state index < -0.39 is 8.07 Å². The van der Waals surface area contributed by atoms with Crippen LogP contribution >= 0.6 is 0 Å². The van der Waals surface area contributed by atoms with Crippen LogP contribution in [0.2, 0.25) is 19.6 Å². The Kier molecular flexibility index (Phi) is 10.3. The van der Waals surface area contributed by atoms with Gasteiger partial charge >= 0.3 is 0 Å². The van der Waals surface area contributed by atoms with Gasteiger partial charge in [-0.2, -0.15) is 5.26 Å². The average Bonchev–Trinajstić information content (AvgIpc) is 3.47. The van der Waals surface area contributed by atoms with Crippen molar-refractivity contribution < 1.29 is 24.5 Å². The van der Waals surface area contributed by atoms with E-state index in [4.69, 9.17) is 4.42 Å². The van der Waals surface area contributed by atoms with Gasteiger partial charge < -0.3 is 14.4 Å². The largest absolute Gasteiger partial charge is 0.500 e. The van der Waals surface area contributed by atoms with Crippen molar-refractivity contribution in [3.63, 3.8) is 0 Å². The molecule has 0 amide bonds. The molecule has 0 saturated heterocycles. The van der Waals surface area contributed by atoms with Crippen molar-refractivity contribution in [2.24, 2.45) is 0 Å². The molecule has 7 rings (SSSR count). The molecule has 3 aromatic heterocycles. The molecule has 0 spiro atoms. The maximum Gasteiger partial charge on any atom is 0.130 e. The molecule has 0 aliphatic heterocycles. The van der Waals surface area contributed by atoms with E-state index in [0.29, 0.717) is 5.56 Å². The quantitative estimate of drug-likeness (QED) is 0.131. The molecule has 0 bridgehead atoms. The maximum atomic E-state index is 9.83. The fourth-order valence-electron chi connectivity index (χ4n) is 5.57. The molecule has 4 aromatic carbocycles. The van der Waals surface area contributed by atoms with Gasteiger partial charge in [0.05, 0.1) is 25.3 Å². The zero-order chi connectivity index (χ0) is 33.2. The van der Waals surface area contributed by atoms with Crippen LogP contribution in [0.3, 0.4) is 0 Å². The number of rotatable bonds is 4. The molecule has 0 saturated carbocycles. The van der Waals surface area contributed by atoms with Crippen molar-refractivity contribution >= 4 is 35.2 Å². The second-order valence-electron chi connectivity index (χ2n) is 13.7. The Morgan fingerprint density at radius 2 is 1.48 bits per heavy atom. The third kappa shape index (κ3) is 7.25.